The van der Waals surface area contributed by atoms with Crippen LogP contribution in [0.1, 0.15) is 81.2 Å². The summed E-state index contributed by atoms with van der Waals surface area (Å²) < 4.78 is 7.13. The second kappa shape index (κ2) is 8.27. The van der Waals surface area contributed by atoms with E-state index in [0.29, 0.717) is 23.9 Å². The van der Waals surface area contributed by atoms with Crippen molar-refractivity contribution in [3.63, 3.8) is 0 Å². The van der Waals surface area contributed by atoms with Gasteiger partial charge in [0.15, 0.2) is 0 Å². The molecule has 0 bridgehead atoms. The number of nitrogens with zero attached hydrogens (tertiary/aromatic N) is 2. The number of ether oxygens (including phenoxy) is 1. The van der Waals surface area contributed by atoms with Crippen LogP contribution in [0.25, 0.3) is 0 Å². The molecule has 0 fully saturated rings. The number of nitroso groups, excluding NO2 is 1. The molecular formula is C22H38N2O3. The van der Waals surface area contributed by atoms with Gasteiger partial charge in [-0.1, -0.05) is 20.3 Å². The van der Waals surface area contributed by atoms with Crippen LogP contribution in [0.15, 0.2) is 18.2 Å². The molecule has 154 valence electrons. The van der Waals surface area contributed by atoms with Gasteiger partial charge in [-0.2, -0.15) is 0 Å². The average molecular weight is 379 g/mol. The molecule has 1 aromatic carbocycles. The Hall–Kier alpha value is -1.46. The first-order chi connectivity index (χ1) is 12.1. The zero-order valence-corrected chi connectivity index (χ0v) is 18.8. The highest BCUT2D eigenvalue weighted by Crippen LogP contribution is 2.36. The van der Waals surface area contributed by atoms with E-state index in [0.717, 1.165) is 21.8 Å². The van der Waals surface area contributed by atoms with E-state index >= 15 is 0 Å². The van der Waals surface area contributed by atoms with Crippen LogP contribution in [0, 0.1) is 16.0 Å². The van der Waals surface area contributed by atoms with Crippen molar-refractivity contribution >= 4 is 11.4 Å². The van der Waals surface area contributed by atoms with Gasteiger partial charge in [0.1, 0.15) is 0 Å². The van der Waals surface area contributed by atoms with Crippen molar-refractivity contribution in [2.24, 2.45) is 5.92 Å². The van der Waals surface area contributed by atoms with Crippen LogP contribution in [0.5, 0.6) is 0 Å². The number of hydrogen-bond donors (Lipinski definition) is 0. The van der Waals surface area contributed by atoms with E-state index in [2.05, 4.69) is 13.8 Å². The minimum atomic E-state index is -0.606. The van der Waals surface area contributed by atoms with Crippen LogP contribution < -0.4 is 5.06 Å². The number of anilines is 1. The third kappa shape index (κ3) is 6.28. The Kier molecular flexibility index (Phi) is 7.23. The quantitative estimate of drug-likeness (QED) is 0.413. The molecule has 1 atom stereocenters. The molecule has 0 aromatic heterocycles. The van der Waals surface area contributed by atoms with Gasteiger partial charge in [0.2, 0.25) is 5.54 Å². The maximum atomic E-state index is 12.8. The van der Waals surface area contributed by atoms with Crippen molar-refractivity contribution in [3.8, 4) is 0 Å². The molecule has 1 aromatic rings. The van der Waals surface area contributed by atoms with E-state index in [1.54, 1.807) is 6.07 Å². The predicted octanol–water partition coefficient (Wildman–Crippen LogP) is 6.30. The SMILES string of the molecule is CCC(C)COC(C)(C)c1cc(N([O-])C(C)(C)C)cc([N+](=O)C(C)(C)C)c1. The molecule has 1 unspecified atom stereocenters. The first-order valence-electron chi connectivity index (χ1n) is 9.84. The Labute approximate surface area is 165 Å². The highest BCUT2D eigenvalue weighted by Gasteiger charge is 2.34. The van der Waals surface area contributed by atoms with Crippen molar-refractivity contribution in [3.05, 3.63) is 33.9 Å². The first-order valence-corrected chi connectivity index (χ1v) is 9.84. The van der Waals surface area contributed by atoms with Crippen LogP contribution >= 0.6 is 0 Å². The van der Waals surface area contributed by atoms with Crippen molar-refractivity contribution in [1.82, 2.24) is 0 Å². The normalized spacial score (nSPS) is 14.2. The molecule has 0 spiro atoms. The third-order valence-electron chi connectivity index (χ3n) is 4.71. The highest BCUT2D eigenvalue weighted by atomic mass is 16.5. The van der Waals surface area contributed by atoms with Crippen LogP contribution in [0.3, 0.4) is 0 Å². The summed E-state index contributed by atoms with van der Waals surface area (Å²) >= 11 is 0. The van der Waals surface area contributed by atoms with Crippen molar-refractivity contribution < 1.29 is 9.50 Å². The Bertz CT molecular complexity index is 655. The molecule has 0 aliphatic rings. The van der Waals surface area contributed by atoms with Gasteiger partial charge in [0.25, 0.3) is 5.69 Å². The van der Waals surface area contributed by atoms with E-state index in [9.17, 15) is 10.1 Å². The Balaban J connectivity index is 3.44. The monoisotopic (exact) mass is 378 g/mol. The largest absolute Gasteiger partial charge is 0.758 e. The van der Waals surface area contributed by atoms with Crippen LogP contribution in [-0.2, 0) is 10.3 Å². The molecule has 0 radical (unpaired) electrons. The molecule has 27 heavy (non-hydrogen) atoms. The van der Waals surface area contributed by atoms with Gasteiger partial charge in [-0.15, -0.1) is 0 Å². The Morgan fingerprint density at radius 2 is 1.63 bits per heavy atom. The van der Waals surface area contributed by atoms with Crippen molar-refractivity contribution in [1.29, 1.82) is 0 Å². The third-order valence-corrected chi connectivity index (χ3v) is 4.71. The average Bonchev–Trinajstić information content (AvgIpc) is 2.56. The fourth-order valence-corrected chi connectivity index (χ4v) is 2.50. The molecule has 0 aliphatic heterocycles. The number of hydroxylamine groups is 1. The molecule has 0 saturated heterocycles. The van der Waals surface area contributed by atoms with Crippen LogP contribution in [0.2, 0.25) is 0 Å². The molecule has 0 aliphatic carbocycles. The molecule has 5 nitrogen and oxygen atoms in total. The summed E-state index contributed by atoms with van der Waals surface area (Å²) in [6.07, 6.45) is 1.04. The molecule has 0 amide bonds. The molecule has 0 heterocycles. The topological polar surface area (TPSA) is 55.6 Å². The summed E-state index contributed by atoms with van der Waals surface area (Å²) in [5.41, 5.74) is -0.0414. The maximum absolute atomic E-state index is 12.8. The van der Waals surface area contributed by atoms with E-state index in [-0.39, 0.29) is 0 Å². The van der Waals surface area contributed by atoms with E-state index in [1.165, 1.54) is 0 Å². The lowest BCUT2D eigenvalue weighted by Crippen LogP contribution is -2.37. The predicted molar refractivity (Wildman–Crippen MR) is 114 cm³/mol. The summed E-state index contributed by atoms with van der Waals surface area (Å²) in [5, 5.41) is 13.8. The van der Waals surface area contributed by atoms with E-state index < -0.39 is 16.7 Å². The lowest BCUT2D eigenvalue weighted by molar-refractivity contribution is -0.540. The van der Waals surface area contributed by atoms with Crippen molar-refractivity contribution in [2.45, 2.75) is 92.3 Å². The first kappa shape index (κ1) is 23.6. The highest BCUT2D eigenvalue weighted by molar-refractivity contribution is 5.58. The standard InChI is InChI=1S/C22H38N2O3/c1-11-16(2)15-27-22(9,10)17-12-18(23(25)20(3,4)5)14-19(13-17)24(26)21(6,7)8/h12-14,16H,11,15H2,1-10H3. The molecule has 0 saturated carbocycles. The number of hydrogen-bond acceptors (Lipinski definition) is 4. The molecule has 1 rings (SSSR count). The summed E-state index contributed by atoms with van der Waals surface area (Å²) in [6.45, 7) is 20.0. The molecular weight excluding hydrogens is 340 g/mol. The molecule has 0 N–H and O–H groups in total. The summed E-state index contributed by atoms with van der Waals surface area (Å²) in [4.78, 5) is 12.8. The zero-order valence-electron chi connectivity index (χ0n) is 18.8. The van der Waals surface area contributed by atoms with Gasteiger partial charge >= 0.3 is 0 Å². The van der Waals surface area contributed by atoms with Gasteiger partial charge in [0, 0.05) is 53.8 Å². The van der Waals surface area contributed by atoms with Gasteiger partial charge in [-0.3, -0.25) is 0 Å². The number of benzene rings is 1. The van der Waals surface area contributed by atoms with Gasteiger partial charge in [0.05, 0.1) is 12.2 Å². The van der Waals surface area contributed by atoms with Gasteiger partial charge in [-0.05, 0) is 52.2 Å². The van der Waals surface area contributed by atoms with Crippen molar-refractivity contribution in [2.75, 3.05) is 11.7 Å². The van der Waals surface area contributed by atoms with Gasteiger partial charge < -0.3 is 15.0 Å². The maximum Gasteiger partial charge on any atom is 0.259 e. The minimum Gasteiger partial charge on any atom is -0.758 e. The summed E-state index contributed by atoms with van der Waals surface area (Å²) in [7, 11) is 0. The smallest absolute Gasteiger partial charge is 0.259 e. The summed E-state index contributed by atoms with van der Waals surface area (Å²) in [5.74, 6) is 0.447. The lowest BCUT2D eigenvalue weighted by atomic mass is 9.95. The molecule has 5 heteroatoms. The van der Waals surface area contributed by atoms with Crippen LogP contribution in [-0.4, -0.2) is 22.4 Å². The lowest BCUT2D eigenvalue weighted by Gasteiger charge is -2.44. The minimum absolute atomic E-state index is 0.447. The van der Waals surface area contributed by atoms with Gasteiger partial charge in [-0.25, -0.2) is 0 Å². The fraction of sp³-hybridized carbons (Fsp3) is 0.727. The Morgan fingerprint density at radius 3 is 2.07 bits per heavy atom. The second-order valence-corrected chi connectivity index (χ2v) is 10.0. The summed E-state index contributed by atoms with van der Waals surface area (Å²) in [6, 6.07) is 5.36. The number of rotatable bonds is 7. The zero-order chi connectivity index (χ0) is 21.2. The Morgan fingerprint density at radius 1 is 1.07 bits per heavy atom. The second-order valence-electron chi connectivity index (χ2n) is 10.0. The van der Waals surface area contributed by atoms with E-state index in [1.807, 2.05) is 67.5 Å². The fourth-order valence-electron chi connectivity index (χ4n) is 2.50. The van der Waals surface area contributed by atoms with Crippen LogP contribution in [0.4, 0.5) is 11.4 Å². The van der Waals surface area contributed by atoms with E-state index in [4.69, 9.17) is 4.74 Å².